The van der Waals surface area contributed by atoms with Crippen LogP contribution in [0.3, 0.4) is 0 Å². The maximum atomic E-state index is 13.6. The number of hydrogen-bond acceptors (Lipinski definition) is 7. The number of benzene rings is 1. The van der Waals surface area contributed by atoms with Crippen LogP contribution in [0.4, 0.5) is 5.69 Å². The number of aromatic nitrogens is 3. The lowest BCUT2D eigenvalue weighted by Crippen LogP contribution is -2.39. The maximum absolute atomic E-state index is 13.6. The first kappa shape index (κ1) is 22.7. The second-order valence-corrected chi connectivity index (χ2v) is 9.07. The first-order valence-electron chi connectivity index (χ1n) is 10.7. The zero-order valence-corrected chi connectivity index (χ0v) is 20.4. The molecule has 33 heavy (non-hydrogen) atoms. The van der Waals surface area contributed by atoms with Crippen molar-refractivity contribution in [1.29, 1.82) is 0 Å². The Morgan fingerprint density at radius 3 is 2.52 bits per heavy atom. The Bertz CT molecular complexity index is 1420. The van der Waals surface area contributed by atoms with Crippen LogP contribution in [-0.2, 0) is 16.1 Å². The van der Waals surface area contributed by atoms with Crippen molar-refractivity contribution >= 4 is 29.1 Å². The number of carbonyl (C=O) groups is 1. The van der Waals surface area contributed by atoms with E-state index < -0.39 is 12.0 Å². The number of allylic oxidation sites excluding steroid dienone is 1. The van der Waals surface area contributed by atoms with Crippen LogP contribution in [-0.4, -0.2) is 41.5 Å². The van der Waals surface area contributed by atoms with Crippen molar-refractivity contribution < 1.29 is 9.53 Å². The first-order chi connectivity index (χ1) is 15.8. The molecular formula is C24H27N5O3S. The van der Waals surface area contributed by atoms with Gasteiger partial charge in [-0.1, -0.05) is 23.5 Å². The maximum Gasteiger partial charge on any atom is 0.338 e. The molecule has 0 aliphatic carbocycles. The number of ether oxygens (including phenoxy) is 1. The number of anilines is 1. The van der Waals surface area contributed by atoms with Crippen LogP contribution in [0.5, 0.6) is 0 Å². The van der Waals surface area contributed by atoms with E-state index in [-0.39, 0.29) is 5.56 Å². The molecule has 0 N–H and O–H groups in total. The minimum Gasteiger partial charge on any atom is -0.466 e. The Kier molecular flexibility index (Phi) is 6.07. The standard InChI is InChI=1S/C24H27N5O3S/c1-7-28-15(3)17(13-25-28)12-19-22(30)29-21(16-8-10-18(11-9-16)27(4)5)20(23(31)32-6)14(2)26-24(29)33-19/h8-13,21H,7H2,1-6H3/b19-12+/t21-/m0/s1. The molecule has 4 rings (SSSR count). The zero-order chi connectivity index (χ0) is 23.9. The summed E-state index contributed by atoms with van der Waals surface area (Å²) in [6.07, 6.45) is 3.61. The van der Waals surface area contributed by atoms with Crippen molar-refractivity contribution in [2.24, 2.45) is 4.99 Å². The van der Waals surface area contributed by atoms with Gasteiger partial charge in [0.25, 0.3) is 5.56 Å². The average molecular weight is 466 g/mol. The second-order valence-electron chi connectivity index (χ2n) is 8.06. The third-order valence-corrected chi connectivity index (χ3v) is 6.86. The second kappa shape index (κ2) is 8.82. The number of nitrogens with zero attached hydrogens (tertiary/aromatic N) is 5. The highest BCUT2D eigenvalue weighted by Crippen LogP contribution is 2.31. The number of rotatable bonds is 5. The number of carbonyl (C=O) groups excluding carboxylic acids is 1. The van der Waals surface area contributed by atoms with Gasteiger partial charge in [0.2, 0.25) is 0 Å². The van der Waals surface area contributed by atoms with Crippen LogP contribution in [0.1, 0.15) is 36.7 Å². The van der Waals surface area contributed by atoms with Crippen molar-refractivity contribution in [3.8, 4) is 0 Å². The fraction of sp³-hybridized carbons (Fsp3) is 0.333. The summed E-state index contributed by atoms with van der Waals surface area (Å²) in [5.41, 5.74) is 4.43. The molecule has 3 aromatic rings. The van der Waals surface area contributed by atoms with E-state index in [1.807, 2.05) is 67.9 Å². The lowest BCUT2D eigenvalue weighted by atomic mass is 9.95. The number of methoxy groups -OCH3 is 1. The van der Waals surface area contributed by atoms with Gasteiger partial charge in [-0.05, 0) is 44.5 Å². The smallest absolute Gasteiger partial charge is 0.338 e. The van der Waals surface area contributed by atoms with Crippen LogP contribution < -0.4 is 19.8 Å². The van der Waals surface area contributed by atoms with Crippen molar-refractivity contribution in [1.82, 2.24) is 14.3 Å². The molecule has 172 valence electrons. The predicted molar refractivity (Wildman–Crippen MR) is 129 cm³/mol. The number of fused-ring (bicyclic) bond motifs is 1. The van der Waals surface area contributed by atoms with E-state index in [0.29, 0.717) is 20.6 Å². The van der Waals surface area contributed by atoms with E-state index >= 15 is 0 Å². The van der Waals surface area contributed by atoms with Gasteiger partial charge in [-0.3, -0.25) is 14.0 Å². The molecule has 3 heterocycles. The molecule has 0 unspecified atom stereocenters. The lowest BCUT2D eigenvalue weighted by Gasteiger charge is -2.25. The van der Waals surface area contributed by atoms with Crippen molar-refractivity contribution in [3.63, 3.8) is 0 Å². The number of hydrogen-bond donors (Lipinski definition) is 0. The molecule has 2 aromatic heterocycles. The van der Waals surface area contributed by atoms with Crippen LogP contribution >= 0.6 is 11.3 Å². The molecule has 0 bridgehead atoms. The molecule has 0 radical (unpaired) electrons. The SMILES string of the molecule is CCn1ncc(/C=c2/sc3n(c2=O)[C@@H](c2ccc(N(C)C)cc2)C(C(=O)OC)=C(C)N=3)c1C. The van der Waals surface area contributed by atoms with Crippen molar-refractivity contribution in [3.05, 3.63) is 78.2 Å². The summed E-state index contributed by atoms with van der Waals surface area (Å²) in [6.45, 7) is 6.54. The molecule has 0 saturated carbocycles. The summed E-state index contributed by atoms with van der Waals surface area (Å²) < 4.78 is 9.09. The molecule has 0 amide bonds. The normalized spacial score (nSPS) is 15.9. The zero-order valence-electron chi connectivity index (χ0n) is 19.6. The van der Waals surface area contributed by atoms with Gasteiger partial charge in [0.05, 0.1) is 35.2 Å². The quantitative estimate of drug-likeness (QED) is 0.539. The molecule has 8 nitrogen and oxygen atoms in total. The third-order valence-electron chi connectivity index (χ3n) is 5.88. The summed E-state index contributed by atoms with van der Waals surface area (Å²) in [4.78, 5) is 33.5. The van der Waals surface area contributed by atoms with Gasteiger partial charge >= 0.3 is 5.97 Å². The summed E-state index contributed by atoms with van der Waals surface area (Å²) in [5.74, 6) is -0.493. The van der Waals surface area contributed by atoms with Gasteiger partial charge in [-0.15, -0.1) is 0 Å². The topological polar surface area (TPSA) is 81.7 Å². The Labute approximate surface area is 195 Å². The van der Waals surface area contributed by atoms with E-state index in [2.05, 4.69) is 10.1 Å². The van der Waals surface area contributed by atoms with Gasteiger partial charge < -0.3 is 9.64 Å². The molecule has 9 heteroatoms. The largest absolute Gasteiger partial charge is 0.466 e. The summed E-state index contributed by atoms with van der Waals surface area (Å²) in [7, 11) is 5.27. The highest BCUT2D eigenvalue weighted by atomic mass is 32.1. The fourth-order valence-corrected chi connectivity index (χ4v) is 5.06. The summed E-state index contributed by atoms with van der Waals surface area (Å²) in [5, 5.41) is 4.37. The molecule has 0 saturated heterocycles. The van der Waals surface area contributed by atoms with Crippen molar-refractivity contribution in [2.45, 2.75) is 33.4 Å². The molecule has 1 atom stereocenters. The van der Waals surface area contributed by atoms with Crippen LogP contribution in [0.15, 0.2) is 51.5 Å². The predicted octanol–water partition coefficient (Wildman–Crippen LogP) is 2.00. The van der Waals surface area contributed by atoms with Gasteiger partial charge in [-0.2, -0.15) is 5.10 Å². The van der Waals surface area contributed by atoms with E-state index in [1.54, 1.807) is 17.7 Å². The van der Waals surface area contributed by atoms with Crippen LogP contribution in [0.25, 0.3) is 6.08 Å². The monoisotopic (exact) mass is 465 g/mol. The van der Waals surface area contributed by atoms with Crippen molar-refractivity contribution in [2.75, 3.05) is 26.1 Å². The van der Waals surface area contributed by atoms with E-state index in [0.717, 1.165) is 29.1 Å². The lowest BCUT2D eigenvalue weighted by molar-refractivity contribution is -0.136. The van der Waals surface area contributed by atoms with Gasteiger partial charge in [-0.25, -0.2) is 9.79 Å². The molecule has 1 aliphatic heterocycles. The van der Waals surface area contributed by atoms with E-state index in [4.69, 9.17) is 4.74 Å². The Hall–Kier alpha value is -3.46. The van der Waals surface area contributed by atoms with Crippen LogP contribution in [0, 0.1) is 6.92 Å². The fourth-order valence-electron chi connectivity index (χ4n) is 4.03. The minimum atomic E-state index is -0.619. The highest BCUT2D eigenvalue weighted by Gasteiger charge is 2.33. The third kappa shape index (κ3) is 3.93. The first-order valence-corrected chi connectivity index (χ1v) is 11.5. The highest BCUT2D eigenvalue weighted by molar-refractivity contribution is 7.07. The number of aryl methyl sites for hydroxylation is 1. The van der Waals surface area contributed by atoms with Gasteiger partial charge in [0.15, 0.2) is 4.80 Å². The van der Waals surface area contributed by atoms with Crippen LogP contribution in [0.2, 0.25) is 0 Å². The van der Waals surface area contributed by atoms with E-state index in [1.165, 1.54) is 18.4 Å². The number of thiazole rings is 1. The summed E-state index contributed by atoms with van der Waals surface area (Å²) >= 11 is 1.31. The Balaban J connectivity index is 1.94. The molecule has 1 aliphatic rings. The van der Waals surface area contributed by atoms with E-state index in [9.17, 15) is 9.59 Å². The molecule has 0 fully saturated rings. The molecular weight excluding hydrogens is 438 g/mol. The van der Waals surface area contributed by atoms with Gasteiger partial charge in [0.1, 0.15) is 0 Å². The Morgan fingerprint density at radius 2 is 1.94 bits per heavy atom. The molecule has 1 aromatic carbocycles. The number of esters is 1. The van der Waals surface area contributed by atoms with Gasteiger partial charge in [0, 0.05) is 37.6 Å². The Morgan fingerprint density at radius 1 is 1.24 bits per heavy atom. The summed E-state index contributed by atoms with van der Waals surface area (Å²) in [6, 6.07) is 7.20. The molecule has 0 spiro atoms. The average Bonchev–Trinajstić information content (AvgIpc) is 3.31. The minimum absolute atomic E-state index is 0.196.